The molecule has 0 saturated heterocycles. The molecule has 0 aromatic heterocycles. The third kappa shape index (κ3) is 76.1. The molecule has 2 unspecified atom stereocenters. The van der Waals surface area contributed by atoms with E-state index in [1.54, 1.807) is 0 Å². The van der Waals surface area contributed by atoms with Crippen LogP contribution in [0.4, 0.5) is 0 Å². The SMILES string of the molecule is CCCCCCCCCCCCCCCCCCCCC(=O)OC[C@H](COP(=O)(O)OC[C@@H](O)COP(=O)(O)OC[C@@H](COC(=O)CCCCCCCCC)OC(=O)CCCCCCCCCCCCCCC(C)C)OC(=O)CCCCCCCCCCCCCCCCCCCCC(C)C. The van der Waals surface area contributed by atoms with E-state index in [2.05, 4.69) is 41.5 Å². The van der Waals surface area contributed by atoms with Crippen molar-refractivity contribution in [1.29, 1.82) is 0 Å². The zero-order valence-corrected chi connectivity index (χ0v) is 68.0. The van der Waals surface area contributed by atoms with Gasteiger partial charge in [0.2, 0.25) is 0 Å². The van der Waals surface area contributed by atoms with E-state index in [4.69, 9.17) is 37.0 Å². The number of phosphoric ester groups is 2. The summed E-state index contributed by atoms with van der Waals surface area (Å²) in [7, 11) is -9.92. The van der Waals surface area contributed by atoms with Crippen LogP contribution in [0.1, 0.15) is 433 Å². The van der Waals surface area contributed by atoms with Crippen LogP contribution in [0.25, 0.3) is 0 Å². The minimum absolute atomic E-state index is 0.107. The van der Waals surface area contributed by atoms with Crippen molar-refractivity contribution < 1.29 is 80.2 Å². The summed E-state index contributed by atoms with van der Waals surface area (Å²) in [4.78, 5) is 72.9. The number of esters is 4. The lowest BCUT2D eigenvalue weighted by Crippen LogP contribution is -2.30. The van der Waals surface area contributed by atoms with Crippen LogP contribution in [-0.2, 0) is 65.4 Å². The summed E-state index contributed by atoms with van der Waals surface area (Å²) in [6.07, 6.45) is 64.1. The largest absolute Gasteiger partial charge is 0.472 e. The van der Waals surface area contributed by atoms with Crippen molar-refractivity contribution in [1.82, 2.24) is 0 Å². The number of hydrogen-bond acceptors (Lipinski definition) is 15. The summed E-state index contributed by atoms with van der Waals surface area (Å²) in [5.74, 6) is -0.515. The van der Waals surface area contributed by atoms with E-state index in [0.29, 0.717) is 25.7 Å². The Morgan fingerprint density at radius 1 is 0.267 bits per heavy atom. The van der Waals surface area contributed by atoms with E-state index < -0.39 is 97.5 Å². The summed E-state index contributed by atoms with van der Waals surface area (Å²) in [5.41, 5.74) is 0. The number of carbonyl (C=O) groups excluding carboxylic acids is 4. The summed E-state index contributed by atoms with van der Waals surface area (Å²) in [6.45, 7) is 9.64. The minimum atomic E-state index is -4.96. The van der Waals surface area contributed by atoms with Gasteiger partial charge in [0.15, 0.2) is 12.2 Å². The molecule has 3 N–H and O–H groups in total. The topological polar surface area (TPSA) is 237 Å². The summed E-state index contributed by atoms with van der Waals surface area (Å²) in [5, 5.41) is 10.6. The molecule has 101 heavy (non-hydrogen) atoms. The van der Waals surface area contributed by atoms with Gasteiger partial charge in [-0.05, 0) is 37.5 Å². The Hall–Kier alpha value is -1.94. The molecule has 0 amide bonds. The van der Waals surface area contributed by atoms with Gasteiger partial charge in [-0.15, -0.1) is 0 Å². The van der Waals surface area contributed by atoms with E-state index in [9.17, 15) is 43.2 Å². The molecule has 0 bridgehead atoms. The fourth-order valence-electron chi connectivity index (χ4n) is 12.7. The van der Waals surface area contributed by atoms with Crippen molar-refractivity contribution in [2.75, 3.05) is 39.6 Å². The van der Waals surface area contributed by atoms with E-state index in [0.717, 1.165) is 115 Å². The number of hydrogen-bond donors (Lipinski definition) is 3. The molecule has 0 spiro atoms. The van der Waals surface area contributed by atoms with Gasteiger partial charge in [-0.3, -0.25) is 37.3 Å². The van der Waals surface area contributed by atoms with Crippen LogP contribution in [-0.4, -0.2) is 96.7 Å². The molecular weight excluding hydrogens is 1320 g/mol. The summed E-state index contributed by atoms with van der Waals surface area (Å²) < 4.78 is 68.6. The van der Waals surface area contributed by atoms with Crippen LogP contribution in [0, 0.1) is 11.8 Å². The van der Waals surface area contributed by atoms with Crippen LogP contribution in [0.2, 0.25) is 0 Å². The van der Waals surface area contributed by atoms with Crippen LogP contribution in [0.5, 0.6) is 0 Å². The third-order valence-electron chi connectivity index (χ3n) is 19.2. The van der Waals surface area contributed by atoms with Crippen LogP contribution < -0.4 is 0 Å². The summed E-state index contributed by atoms with van der Waals surface area (Å²) in [6, 6.07) is 0. The zero-order chi connectivity index (χ0) is 74.2. The number of unbranched alkanes of at least 4 members (excludes halogenated alkanes) is 51. The van der Waals surface area contributed by atoms with Crippen molar-refractivity contribution >= 4 is 39.5 Å². The number of carbonyl (C=O) groups is 4. The molecule has 0 heterocycles. The summed E-state index contributed by atoms with van der Waals surface area (Å²) >= 11 is 0. The van der Waals surface area contributed by atoms with Gasteiger partial charge in [0.05, 0.1) is 26.4 Å². The Bertz CT molecular complexity index is 1940. The van der Waals surface area contributed by atoms with E-state index in [-0.39, 0.29) is 25.7 Å². The van der Waals surface area contributed by atoms with Gasteiger partial charge in [0, 0.05) is 25.7 Å². The maximum absolute atomic E-state index is 13.1. The average molecular weight is 1480 g/mol. The predicted octanol–water partition coefficient (Wildman–Crippen LogP) is 24.7. The molecule has 0 aromatic carbocycles. The maximum Gasteiger partial charge on any atom is 0.472 e. The Morgan fingerprint density at radius 2 is 0.455 bits per heavy atom. The highest BCUT2D eigenvalue weighted by Gasteiger charge is 2.30. The highest BCUT2D eigenvalue weighted by Crippen LogP contribution is 2.45. The van der Waals surface area contributed by atoms with Crippen molar-refractivity contribution in [2.45, 2.75) is 452 Å². The highest BCUT2D eigenvalue weighted by molar-refractivity contribution is 7.47. The maximum atomic E-state index is 13.1. The van der Waals surface area contributed by atoms with E-state index in [1.807, 2.05) is 0 Å². The van der Waals surface area contributed by atoms with Gasteiger partial charge in [0.25, 0.3) is 0 Å². The minimum Gasteiger partial charge on any atom is -0.462 e. The highest BCUT2D eigenvalue weighted by atomic mass is 31.2. The first kappa shape index (κ1) is 99.1. The Morgan fingerprint density at radius 3 is 0.673 bits per heavy atom. The quantitative estimate of drug-likeness (QED) is 0.0222. The first-order valence-electron chi connectivity index (χ1n) is 42.5. The predicted molar refractivity (Wildman–Crippen MR) is 414 cm³/mol. The average Bonchev–Trinajstić information content (AvgIpc) is 0.954. The number of aliphatic hydroxyl groups is 1. The number of aliphatic hydroxyl groups excluding tert-OH is 1. The molecule has 0 saturated carbocycles. The second-order valence-electron chi connectivity index (χ2n) is 30.5. The van der Waals surface area contributed by atoms with Crippen molar-refractivity contribution in [2.24, 2.45) is 11.8 Å². The van der Waals surface area contributed by atoms with Gasteiger partial charge in [-0.1, -0.05) is 382 Å². The second-order valence-corrected chi connectivity index (χ2v) is 33.4. The fraction of sp³-hybridized carbons (Fsp3) is 0.951. The standard InChI is InChI=1S/C82H160O17P2/c1-7-9-11-13-15-16-17-18-19-20-24-27-30-36-41-47-53-59-65-80(85)93-71-78(99-82(87)66-60-54-48-42-37-31-28-25-22-21-23-26-29-34-39-45-50-56-62-74(3)4)73-97-101(90,91)95-69-76(83)68-94-100(88,89)96-72-77(70-92-79(84)64-58-52-44-14-12-10-8-2)98-81(86)67-61-55-49-43-38-33-32-35-40-46-51-57-63-75(5)6/h74-78,83H,7-73H2,1-6H3,(H,88,89)(H,90,91)/t76-,77+,78+/m0/s1. The molecule has 17 nitrogen and oxygen atoms in total. The number of phosphoric acid groups is 2. The molecule has 0 fully saturated rings. The molecule has 5 atom stereocenters. The Balaban J connectivity index is 5.17. The van der Waals surface area contributed by atoms with Gasteiger partial charge in [-0.25, -0.2) is 9.13 Å². The zero-order valence-electron chi connectivity index (χ0n) is 66.2. The molecule has 0 radical (unpaired) electrons. The van der Waals surface area contributed by atoms with Crippen LogP contribution in [0.15, 0.2) is 0 Å². The third-order valence-corrected chi connectivity index (χ3v) is 21.1. The lowest BCUT2D eigenvalue weighted by Gasteiger charge is -2.21. The molecule has 600 valence electrons. The van der Waals surface area contributed by atoms with Crippen molar-refractivity contribution in [3.8, 4) is 0 Å². The first-order valence-corrected chi connectivity index (χ1v) is 45.5. The number of rotatable bonds is 81. The molecule has 19 heteroatoms. The lowest BCUT2D eigenvalue weighted by molar-refractivity contribution is -0.161. The molecule has 0 rings (SSSR count). The molecule has 0 aromatic rings. The van der Waals surface area contributed by atoms with E-state index >= 15 is 0 Å². The molecule has 0 aliphatic rings. The number of ether oxygens (including phenoxy) is 4. The molecule has 0 aliphatic carbocycles. The van der Waals surface area contributed by atoms with Gasteiger partial charge < -0.3 is 33.8 Å². The van der Waals surface area contributed by atoms with Crippen LogP contribution in [0.3, 0.4) is 0 Å². The Labute approximate surface area is 619 Å². The lowest BCUT2D eigenvalue weighted by atomic mass is 10.0. The smallest absolute Gasteiger partial charge is 0.462 e. The second kappa shape index (κ2) is 73.6. The van der Waals surface area contributed by atoms with E-state index in [1.165, 1.54) is 238 Å². The molecular formula is C82H160O17P2. The van der Waals surface area contributed by atoms with Crippen molar-refractivity contribution in [3.05, 3.63) is 0 Å². The van der Waals surface area contributed by atoms with Gasteiger partial charge in [-0.2, -0.15) is 0 Å². The van der Waals surface area contributed by atoms with Gasteiger partial charge in [0.1, 0.15) is 19.3 Å². The molecule has 0 aliphatic heterocycles. The Kier molecular flexibility index (Phi) is 72.2. The van der Waals surface area contributed by atoms with Gasteiger partial charge >= 0.3 is 39.5 Å². The monoisotopic (exact) mass is 1480 g/mol. The normalized spacial score (nSPS) is 13.9. The van der Waals surface area contributed by atoms with Crippen LogP contribution >= 0.6 is 15.6 Å². The fourth-order valence-corrected chi connectivity index (χ4v) is 14.3. The first-order chi connectivity index (χ1) is 48.9. The van der Waals surface area contributed by atoms with Crippen molar-refractivity contribution in [3.63, 3.8) is 0 Å².